The number of aliphatic hydroxyl groups is 1. The van der Waals surface area contributed by atoms with E-state index in [-0.39, 0.29) is 5.91 Å². The fraction of sp³-hybridized carbons (Fsp3) is 0.444. The summed E-state index contributed by atoms with van der Waals surface area (Å²) in [6, 6.07) is 10.00. The van der Waals surface area contributed by atoms with Crippen molar-refractivity contribution in [3.63, 3.8) is 0 Å². The predicted molar refractivity (Wildman–Crippen MR) is 88.1 cm³/mol. The van der Waals surface area contributed by atoms with Crippen LogP contribution in [0.15, 0.2) is 42.7 Å². The van der Waals surface area contributed by atoms with Gasteiger partial charge in [0.1, 0.15) is 0 Å². The van der Waals surface area contributed by atoms with Gasteiger partial charge in [0.25, 0.3) is 5.91 Å². The molecule has 1 saturated carbocycles. The van der Waals surface area contributed by atoms with Crippen molar-refractivity contribution in [3.8, 4) is 0 Å². The molecule has 1 aromatic carbocycles. The molecule has 23 heavy (non-hydrogen) atoms. The second kappa shape index (κ2) is 6.96. The van der Waals surface area contributed by atoms with Crippen LogP contribution in [-0.4, -0.2) is 32.9 Å². The average molecular weight is 313 g/mol. The third-order valence-corrected chi connectivity index (χ3v) is 4.45. The largest absolute Gasteiger partial charge is 0.388 e. The van der Waals surface area contributed by atoms with Crippen molar-refractivity contribution >= 4 is 5.91 Å². The molecule has 0 unspecified atom stereocenters. The molecule has 1 amide bonds. The Kier molecular flexibility index (Phi) is 4.76. The number of nitrogens with one attached hydrogen (secondary N) is 1. The molecule has 1 heterocycles. The van der Waals surface area contributed by atoms with Crippen LogP contribution in [0.25, 0.3) is 0 Å². The Morgan fingerprint density at radius 3 is 2.70 bits per heavy atom. The van der Waals surface area contributed by atoms with Gasteiger partial charge in [0.2, 0.25) is 0 Å². The van der Waals surface area contributed by atoms with E-state index in [1.165, 1.54) is 6.42 Å². The Labute approximate surface area is 136 Å². The maximum Gasteiger partial charge on any atom is 0.254 e. The zero-order valence-electron chi connectivity index (χ0n) is 13.2. The van der Waals surface area contributed by atoms with Crippen molar-refractivity contribution in [1.82, 2.24) is 15.1 Å². The van der Waals surface area contributed by atoms with Crippen LogP contribution in [0.5, 0.6) is 0 Å². The van der Waals surface area contributed by atoms with Crippen LogP contribution >= 0.6 is 0 Å². The second-order valence-electron chi connectivity index (χ2n) is 6.38. The first kappa shape index (κ1) is 15.7. The van der Waals surface area contributed by atoms with Gasteiger partial charge in [0, 0.05) is 12.7 Å². The summed E-state index contributed by atoms with van der Waals surface area (Å²) in [7, 11) is 0. The molecular formula is C18H23N3O2. The highest BCUT2D eigenvalue weighted by atomic mass is 16.3. The molecule has 122 valence electrons. The number of hydrogen-bond donors (Lipinski definition) is 2. The van der Waals surface area contributed by atoms with Gasteiger partial charge in [-0.25, -0.2) is 0 Å². The molecule has 1 aromatic heterocycles. The second-order valence-corrected chi connectivity index (χ2v) is 6.38. The summed E-state index contributed by atoms with van der Waals surface area (Å²) in [5.41, 5.74) is 0.924. The molecule has 1 aliphatic rings. The monoisotopic (exact) mass is 313 g/mol. The summed E-state index contributed by atoms with van der Waals surface area (Å²) in [6.07, 6.45) is 8.07. The molecule has 5 nitrogen and oxygen atoms in total. The molecule has 2 aromatic rings. The topological polar surface area (TPSA) is 67.2 Å². The first-order valence-electron chi connectivity index (χ1n) is 8.22. The normalized spacial score (nSPS) is 16.9. The minimum atomic E-state index is -0.742. The highest BCUT2D eigenvalue weighted by molar-refractivity contribution is 5.93. The van der Waals surface area contributed by atoms with Crippen molar-refractivity contribution in [2.24, 2.45) is 0 Å². The SMILES string of the molecule is O=C(NCC1(O)CCCCC1)c1cnn(Cc2ccccc2)c1. The number of nitrogens with zero attached hydrogens (tertiary/aromatic N) is 2. The first-order chi connectivity index (χ1) is 11.1. The number of carbonyl (C=O) groups excluding carboxylic acids is 1. The minimum Gasteiger partial charge on any atom is -0.388 e. The van der Waals surface area contributed by atoms with Crippen molar-refractivity contribution in [1.29, 1.82) is 0 Å². The molecule has 2 N–H and O–H groups in total. The standard InChI is InChI=1S/C18H23N3O2/c22-17(19-14-18(23)9-5-2-6-10-18)16-11-20-21(13-16)12-15-7-3-1-4-8-15/h1,3-4,7-8,11,13,23H,2,5-6,9-10,12,14H2,(H,19,22). The van der Waals surface area contributed by atoms with Crippen molar-refractivity contribution in [2.75, 3.05) is 6.54 Å². The van der Waals surface area contributed by atoms with Gasteiger partial charge < -0.3 is 10.4 Å². The molecule has 3 rings (SSSR count). The third-order valence-electron chi connectivity index (χ3n) is 4.45. The summed E-state index contributed by atoms with van der Waals surface area (Å²) in [5.74, 6) is -0.177. The number of aromatic nitrogens is 2. The van der Waals surface area contributed by atoms with Gasteiger partial charge in [0.05, 0.1) is 23.9 Å². The van der Waals surface area contributed by atoms with Crippen LogP contribution in [-0.2, 0) is 6.54 Å². The van der Waals surface area contributed by atoms with E-state index in [0.717, 1.165) is 31.2 Å². The van der Waals surface area contributed by atoms with E-state index < -0.39 is 5.60 Å². The van der Waals surface area contributed by atoms with Crippen LogP contribution in [0.4, 0.5) is 0 Å². The van der Waals surface area contributed by atoms with Gasteiger partial charge >= 0.3 is 0 Å². The average Bonchev–Trinajstić information content (AvgIpc) is 3.03. The van der Waals surface area contributed by atoms with Gasteiger partial charge in [0.15, 0.2) is 0 Å². The zero-order chi connectivity index (χ0) is 16.1. The number of amides is 1. The summed E-state index contributed by atoms with van der Waals surface area (Å²) < 4.78 is 1.75. The lowest BCUT2D eigenvalue weighted by Crippen LogP contribution is -2.44. The molecular weight excluding hydrogens is 290 g/mol. The Hall–Kier alpha value is -2.14. The molecule has 0 radical (unpaired) electrons. The zero-order valence-corrected chi connectivity index (χ0v) is 13.2. The Morgan fingerprint density at radius 2 is 1.96 bits per heavy atom. The van der Waals surface area contributed by atoms with Gasteiger partial charge in [-0.3, -0.25) is 9.48 Å². The van der Waals surface area contributed by atoms with Crippen LogP contribution in [0.3, 0.4) is 0 Å². The van der Waals surface area contributed by atoms with Gasteiger partial charge in [-0.1, -0.05) is 49.6 Å². The molecule has 0 saturated heterocycles. The summed E-state index contributed by atoms with van der Waals surface area (Å²) in [5, 5.41) is 17.5. The number of hydrogen-bond acceptors (Lipinski definition) is 3. The third kappa shape index (κ3) is 4.20. The van der Waals surface area contributed by atoms with E-state index in [2.05, 4.69) is 10.4 Å². The van der Waals surface area contributed by atoms with Gasteiger partial charge in [-0.2, -0.15) is 5.10 Å². The highest BCUT2D eigenvalue weighted by Gasteiger charge is 2.29. The quantitative estimate of drug-likeness (QED) is 0.890. The van der Waals surface area contributed by atoms with E-state index in [1.54, 1.807) is 17.1 Å². The molecule has 1 aliphatic carbocycles. The summed E-state index contributed by atoms with van der Waals surface area (Å²) >= 11 is 0. The van der Waals surface area contributed by atoms with Crippen LogP contribution in [0.2, 0.25) is 0 Å². The molecule has 1 fully saturated rings. The Bertz CT molecular complexity index is 645. The molecule has 0 spiro atoms. The lowest BCUT2D eigenvalue weighted by Gasteiger charge is -2.32. The van der Waals surface area contributed by atoms with E-state index in [4.69, 9.17) is 0 Å². The maximum absolute atomic E-state index is 12.2. The fourth-order valence-electron chi connectivity index (χ4n) is 3.07. The first-order valence-corrected chi connectivity index (χ1v) is 8.22. The Morgan fingerprint density at radius 1 is 1.22 bits per heavy atom. The Balaban J connectivity index is 1.56. The molecule has 0 bridgehead atoms. The van der Waals surface area contributed by atoms with E-state index in [9.17, 15) is 9.90 Å². The van der Waals surface area contributed by atoms with Gasteiger partial charge in [-0.05, 0) is 18.4 Å². The van der Waals surface area contributed by atoms with Crippen molar-refractivity contribution in [2.45, 2.75) is 44.2 Å². The number of carbonyl (C=O) groups is 1. The fourth-order valence-corrected chi connectivity index (χ4v) is 3.07. The van der Waals surface area contributed by atoms with Crippen LogP contribution in [0.1, 0.15) is 48.0 Å². The van der Waals surface area contributed by atoms with Crippen molar-refractivity contribution in [3.05, 3.63) is 53.9 Å². The molecule has 0 aliphatic heterocycles. The van der Waals surface area contributed by atoms with E-state index in [1.807, 2.05) is 30.3 Å². The van der Waals surface area contributed by atoms with Crippen LogP contribution < -0.4 is 5.32 Å². The molecule has 5 heteroatoms. The van der Waals surface area contributed by atoms with Crippen molar-refractivity contribution < 1.29 is 9.90 Å². The number of rotatable bonds is 5. The van der Waals surface area contributed by atoms with Crippen LogP contribution in [0, 0.1) is 0 Å². The van der Waals surface area contributed by atoms with E-state index >= 15 is 0 Å². The summed E-state index contributed by atoms with van der Waals surface area (Å²) in [4.78, 5) is 12.2. The number of benzene rings is 1. The van der Waals surface area contributed by atoms with Gasteiger partial charge in [-0.15, -0.1) is 0 Å². The minimum absolute atomic E-state index is 0.177. The predicted octanol–water partition coefficient (Wildman–Crippen LogP) is 2.36. The lowest BCUT2D eigenvalue weighted by atomic mass is 9.85. The highest BCUT2D eigenvalue weighted by Crippen LogP contribution is 2.27. The van der Waals surface area contributed by atoms with E-state index in [0.29, 0.717) is 18.7 Å². The summed E-state index contributed by atoms with van der Waals surface area (Å²) in [6.45, 7) is 0.952. The smallest absolute Gasteiger partial charge is 0.254 e. The molecule has 0 atom stereocenters. The lowest BCUT2D eigenvalue weighted by molar-refractivity contribution is 0.00525. The maximum atomic E-state index is 12.2.